The Morgan fingerprint density at radius 1 is 0.944 bits per heavy atom. The Morgan fingerprint density at radius 2 is 1.61 bits per heavy atom. The van der Waals surface area contributed by atoms with Crippen LogP contribution in [0, 0.1) is 5.82 Å². The van der Waals surface area contributed by atoms with Gasteiger partial charge in [-0.3, -0.25) is 0 Å². The molecule has 1 aliphatic rings. The van der Waals surface area contributed by atoms with Crippen LogP contribution in [0.2, 0.25) is 0 Å². The minimum atomic E-state index is -0.805. The third kappa shape index (κ3) is 1.91. The molecule has 18 heavy (non-hydrogen) atoms. The van der Waals surface area contributed by atoms with Crippen LogP contribution in [0.1, 0.15) is 17.2 Å². The monoisotopic (exact) mass is 246 g/mol. The van der Waals surface area contributed by atoms with Crippen LogP contribution in [0.15, 0.2) is 42.5 Å². The number of aliphatic hydroxyl groups excluding tert-OH is 1. The van der Waals surface area contributed by atoms with Gasteiger partial charge < -0.3 is 14.6 Å². The van der Waals surface area contributed by atoms with E-state index in [0.717, 1.165) is 0 Å². The average molecular weight is 246 g/mol. The Morgan fingerprint density at radius 3 is 2.39 bits per heavy atom. The van der Waals surface area contributed by atoms with E-state index < -0.39 is 6.10 Å². The highest BCUT2D eigenvalue weighted by Crippen LogP contribution is 2.35. The van der Waals surface area contributed by atoms with Crippen molar-refractivity contribution in [2.24, 2.45) is 0 Å². The van der Waals surface area contributed by atoms with Crippen molar-refractivity contribution in [2.45, 2.75) is 6.10 Å². The number of rotatable bonds is 2. The van der Waals surface area contributed by atoms with Crippen LogP contribution >= 0.6 is 0 Å². The first kappa shape index (κ1) is 11.0. The van der Waals surface area contributed by atoms with E-state index in [1.165, 1.54) is 12.1 Å². The van der Waals surface area contributed by atoms with Gasteiger partial charge >= 0.3 is 0 Å². The summed E-state index contributed by atoms with van der Waals surface area (Å²) in [5.74, 6) is 0.968. The molecule has 1 aliphatic heterocycles. The van der Waals surface area contributed by atoms with E-state index in [4.69, 9.17) is 9.47 Å². The summed E-state index contributed by atoms with van der Waals surface area (Å²) >= 11 is 0. The van der Waals surface area contributed by atoms with Crippen molar-refractivity contribution >= 4 is 0 Å². The van der Waals surface area contributed by atoms with Gasteiger partial charge in [-0.15, -0.1) is 0 Å². The average Bonchev–Trinajstić information content (AvgIpc) is 2.86. The SMILES string of the molecule is OC(c1ccc(F)cc1)c1ccc2c(c1)OCO2. The summed E-state index contributed by atoms with van der Waals surface area (Å²) in [5, 5.41) is 10.2. The molecule has 0 bridgehead atoms. The molecule has 0 saturated heterocycles. The van der Waals surface area contributed by atoms with Crippen molar-refractivity contribution in [2.75, 3.05) is 6.79 Å². The first-order chi connectivity index (χ1) is 8.74. The van der Waals surface area contributed by atoms with E-state index in [9.17, 15) is 9.50 Å². The lowest BCUT2D eigenvalue weighted by Crippen LogP contribution is -1.99. The number of fused-ring (bicyclic) bond motifs is 1. The zero-order valence-corrected chi connectivity index (χ0v) is 9.47. The highest BCUT2D eigenvalue weighted by molar-refractivity contribution is 5.46. The van der Waals surface area contributed by atoms with Gasteiger partial charge in [0.2, 0.25) is 6.79 Å². The molecule has 0 saturated carbocycles. The second-order valence-corrected chi connectivity index (χ2v) is 4.07. The van der Waals surface area contributed by atoms with Crippen molar-refractivity contribution in [1.29, 1.82) is 0 Å². The van der Waals surface area contributed by atoms with E-state index in [1.54, 1.807) is 30.3 Å². The van der Waals surface area contributed by atoms with Gasteiger partial charge in [-0.05, 0) is 35.4 Å². The number of hydrogen-bond donors (Lipinski definition) is 1. The molecule has 3 rings (SSSR count). The van der Waals surface area contributed by atoms with Crippen molar-refractivity contribution in [3.05, 3.63) is 59.4 Å². The fraction of sp³-hybridized carbons (Fsp3) is 0.143. The topological polar surface area (TPSA) is 38.7 Å². The summed E-state index contributed by atoms with van der Waals surface area (Å²) in [5.41, 5.74) is 1.32. The fourth-order valence-electron chi connectivity index (χ4n) is 1.92. The molecule has 2 aromatic carbocycles. The van der Waals surface area contributed by atoms with Crippen molar-refractivity contribution in [3.8, 4) is 11.5 Å². The molecular weight excluding hydrogens is 235 g/mol. The van der Waals surface area contributed by atoms with E-state index in [0.29, 0.717) is 22.6 Å². The molecule has 1 heterocycles. The Hall–Kier alpha value is -2.07. The van der Waals surface area contributed by atoms with Gasteiger partial charge in [-0.25, -0.2) is 4.39 Å². The molecule has 0 spiro atoms. The molecule has 4 heteroatoms. The van der Waals surface area contributed by atoms with Crippen LogP contribution in [-0.4, -0.2) is 11.9 Å². The Balaban J connectivity index is 1.92. The molecule has 2 aromatic rings. The van der Waals surface area contributed by atoms with Crippen molar-refractivity contribution in [1.82, 2.24) is 0 Å². The molecule has 0 radical (unpaired) electrons. The first-order valence-electron chi connectivity index (χ1n) is 5.57. The molecule has 0 aromatic heterocycles. The Kier molecular flexibility index (Phi) is 2.64. The van der Waals surface area contributed by atoms with Crippen LogP contribution in [0.3, 0.4) is 0 Å². The quantitative estimate of drug-likeness (QED) is 0.885. The van der Waals surface area contributed by atoms with E-state index in [1.807, 2.05) is 0 Å². The maximum atomic E-state index is 12.8. The summed E-state index contributed by atoms with van der Waals surface area (Å²) in [6, 6.07) is 11.0. The van der Waals surface area contributed by atoms with Crippen LogP contribution in [-0.2, 0) is 0 Å². The predicted molar refractivity (Wildman–Crippen MR) is 63.0 cm³/mol. The lowest BCUT2D eigenvalue weighted by Gasteiger charge is -2.11. The second kappa shape index (κ2) is 4.31. The molecule has 0 fully saturated rings. The van der Waals surface area contributed by atoms with Gasteiger partial charge in [0.15, 0.2) is 11.5 Å². The molecule has 0 aliphatic carbocycles. The highest BCUT2D eigenvalue weighted by atomic mass is 19.1. The summed E-state index contributed by atoms with van der Waals surface area (Å²) in [6.07, 6.45) is -0.805. The third-order valence-corrected chi connectivity index (χ3v) is 2.90. The largest absolute Gasteiger partial charge is 0.454 e. The van der Waals surface area contributed by atoms with Crippen molar-refractivity contribution in [3.63, 3.8) is 0 Å². The standard InChI is InChI=1S/C14H11FO3/c15-11-4-1-9(2-5-11)14(16)10-3-6-12-13(7-10)18-8-17-12/h1-7,14,16H,8H2. The molecular formula is C14H11FO3. The van der Waals surface area contributed by atoms with E-state index >= 15 is 0 Å². The molecule has 1 atom stereocenters. The summed E-state index contributed by atoms with van der Waals surface area (Å²) < 4.78 is 23.3. The molecule has 0 amide bonds. The van der Waals surface area contributed by atoms with Gasteiger partial charge in [0, 0.05) is 0 Å². The lowest BCUT2D eigenvalue weighted by molar-refractivity contribution is 0.173. The van der Waals surface area contributed by atoms with Crippen molar-refractivity contribution < 1.29 is 19.0 Å². The van der Waals surface area contributed by atoms with Gasteiger partial charge in [-0.1, -0.05) is 18.2 Å². The predicted octanol–water partition coefficient (Wildman–Crippen LogP) is 2.64. The van der Waals surface area contributed by atoms with Crippen LogP contribution < -0.4 is 9.47 Å². The van der Waals surface area contributed by atoms with Gasteiger partial charge in [0.25, 0.3) is 0 Å². The maximum absolute atomic E-state index is 12.8. The van der Waals surface area contributed by atoms with E-state index in [2.05, 4.69) is 0 Å². The van der Waals surface area contributed by atoms with Gasteiger partial charge in [0.1, 0.15) is 11.9 Å². The summed E-state index contributed by atoms with van der Waals surface area (Å²) in [7, 11) is 0. The minimum absolute atomic E-state index is 0.200. The van der Waals surface area contributed by atoms with Gasteiger partial charge in [0.05, 0.1) is 0 Å². The summed E-state index contributed by atoms with van der Waals surface area (Å²) in [6.45, 7) is 0.200. The number of benzene rings is 2. The third-order valence-electron chi connectivity index (χ3n) is 2.90. The number of aliphatic hydroxyl groups is 1. The first-order valence-corrected chi connectivity index (χ1v) is 5.57. The maximum Gasteiger partial charge on any atom is 0.231 e. The zero-order valence-electron chi connectivity index (χ0n) is 9.47. The molecule has 1 N–H and O–H groups in total. The Labute approximate surface area is 103 Å². The number of ether oxygens (including phenoxy) is 2. The zero-order chi connectivity index (χ0) is 12.5. The van der Waals surface area contributed by atoms with Crippen LogP contribution in [0.4, 0.5) is 4.39 Å². The summed E-state index contributed by atoms with van der Waals surface area (Å²) in [4.78, 5) is 0. The highest BCUT2D eigenvalue weighted by Gasteiger charge is 2.17. The second-order valence-electron chi connectivity index (χ2n) is 4.07. The van der Waals surface area contributed by atoms with E-state index in [-0.39, 0.29) is 12.6 Å². The molecule has 92 valence electrons. The smallest absolute Gasteiger partial charge is 0.231 e. The number of halogens is 1. The minimum Gasteiger partial charge on any atom is -0.454 e. The normalized spacial score (nSPS) is 14.6. The Bertz CT molecular complexity index is 566. The number of hydrogen-bond acceptors (Lipinski definition) is 3. The molecule has 3 nitrogen and oxygen atoms in total. The molecule has 1 unspecified atom stereocenters. The van der Waals surface area contributed by atoms with Crippen LogP contribution in [0.5, 0.6) is 11.5 Å². The fourth-order valence-corrected chi connectivity index (χ4v) is 1.92. The van der Waals surface area contributed by atoms with Crippen LogP contribution in [0.25, 0.3) is 0 Å². The van der Waals surface area contributed by atoms with Gasteiger partial charge in [-0.2, -0.15) is 0 Å². The lowest BCUT2D eigenvalue weighted by atomic mass is 10.0.